The molecule has 0 radical (unpaired) electrons. The molecule has 0 bridgehead atoms. The first kappa shape index (κ1) is 11.5. The van der Waals surface area contributed by atoms with Gasteiger partial charge in [-0.15, -0.1) is 28.0 Å². The SMILES string of the molecule is CCC(c1cccs1)n1nnnc1C(C)Cl. The molecule has 0 amide bonds. The van der Waals surface area contributed by atoms with Crippen LogP contribution in [0.4, 0.5) is 0 Å². The maximum absolute atomic E-state index is 6.05. The van der Waals surface area contributed by atoms with Crippen LogP contribution in [-0.4, -0.2) is 20.2 Å². The van der Waals surface area contributed by atoms with Crippen LogP contribution in [0.2, 0.25) is 0 Å². The molecule has 0 saturated carbocycles. The molecule has 2 aromatic heterocycles. The molecule has 0 aliphatic rings. The van der Waals surface area contributed by atoms with Gasteiger partial charge in [-0.25, -0.2) is 4.68 Å². The lowest BCUT2D eigenvalue weighted by Gasteiger charge is -2.15. The number of hydrogen-bond donors (Lipinski definition) is 0. The Morgan fingerprint density at radius 2 is 2.38 bits per heavy atom. The topological polar surface area (TPSA) is 43.6 Å². The van der Waals surface area contributed by atoms with Crippen LogP contribution in [0.3, 0.4) is 0 Å². The van der Waals surface area contributed by atoms with Gasteiger partial charge >= 0.3 is 0 Å². The minimum atomic E-state index is -0.177. The largest absolute Gasteiger partial charge is 0.220 e. The van der Waals surface area contributed by atoms with Gasteiger partial charge in [-0.2, -0.15) is 0 Å². The highest BCUT2D eigenvalue weighted by atomic mass is 35.5. The van der Waals surface area contributed by atoms with Crippen molar-refractivity contribution in [1.29, 1.82) is 0 Å². The number of tetrazole rings is 1. The highest BCUT2D eigenvalue weighted by molar-refractivity contribution is 7.10. The predicted molar refractivity (Wildman–Crippen MR) is 64.8 cm³/mol. The maximum atomic E-state index is 6.05. The summed E-state index contributed by atoms with van der Waals surface area (Å²) in [6, 6.07) is 4.33. The zero-order valence-electron chi connectivity index (χ0n) is 9.17. The minimum Gasteiger partial charge on any atom is -0.220 e. The molecular formula is C10H13ClN4S. The third-order valence-electron chi connectivity index (χ3n) is 2.43. The normalized spacial score (nSPS) is 14.9. The molecule has 2 aromatic rings. The molecule has 2 atom stereocenters. The molecule has 0 fully saturated rings. The van der Waals surface area contributed by atoms with Crippen LogP contribution in [0.15, 0.2) is 17.5 Å². The molecule has 2 rings (SSSR count). The summed E-state index contributed by atoms with van der Waals surface area (Å²) in [5.74, 6) is 0.724. The van der Waals surface area contributed by atoms with E-state index in [2.05, 4.69) is 33.9 Å². The summed E-state index contributed by atoms with van der Waals surface area (Å²) in [5, 5.41) is 13.6. The quantitative estimate of drug-likeness (QED) is 0.790. The Hall–Kier alpha value is -0.940. The van der Waals surface area contributed by atoms with Crippen LogP contribution in [-0.2, 0) is 0 Å². The lowest BCUT2D eigenvalue weighted by molar-refractivity contribution is 0.482. The number of aromatic nitrogens is 4. The van der Waals surface area contributed by atoms with E-state index in [1.165, 1.54) is 4.88 Å². The average molecular weight is 257 g/mol. The molecular weight excluding hydrogens is 244 g/mol. The summed E-state index contributed by atoms with van der Waals surface area (Å²) < 4.78 is 1.82. The summed E-state index contributed by atoms with van der Waals surface area (Å²) in [7, 11) is 0. The number of halogens is 1. The summed E-state index contributed by atoms with van der Waals surface area (Å²) in [6.45, 7) is 4.00. The summed E-state index contributed by atoms with van der Waals surface area (Å²) >= 11 is 7.77. The Morgan fingerprint density at radius 3 is 2.94 bits per heavy atom. The monoisotopic (exact) mass is 256 g/mol. The van der Waals surface area contributed by atoms with Gasteiger partial charge in [0.05, 0.1) is 11.4 Å². The van der Waals surface area contributed by atoms with Gasteiger partial charge in [-0.3, -0.25) is 0 Å². The standard InChI is InChI=1S/C10H13ClN4S/c1-3-8(9-5-4-6-16-9)15-10(7(2)11)12-13-14-15/h4-8H,3H2,1-2H3. The Kier molecular flexibility index (Phi) is 3.56. The van der Waals surface area contributed by atoms with Gasteiger partial charge < -0.3 is 0 Å². The van der Waals surface area contributed by atoms with Gasteiger partial charge in [-0.05, 0) is 35.2 Å². The molecule has 2 unspecified atom stereocenters. The number of nitrogens with zero attached hydrogens (tertiary/aromatic N) is 4. The van der Waals surface area contributed by atoms with Crippen molar-refractivity contribution in [2.75, 3.05) is 0 Å². The van der Waals surface area contributed by atoms with Gasteiger partial charge in [0.25, 0.3) is 0 Å². The molecule has 2 heterocycles. The first-order chi connectivity index (χ1) is 7.74. The lowest BCUT2D eigenvalue weighted by atomic mass is 10.2. The third kappa shape index (κ3) is 2.10. The first-order valence-corrected chi connectivity index (χ1v) is 6.50. The molecule has 16 heavy (non-hydrogen) atoms. The van der Waals surface area contributed by atoms with E-state index in [1.54, 1.807) is 11.3 Å². The van der Waals surface area contributed by atoms with Crippen molar-refractivity contribution < 1.29 is 0 Å². The van der Waals surface area contributed by atoms with E-state index in [1.807, 2.05) is 17.7 Å². The van der Waals surface area contributed by atoms with Crippen molar-refractivity contribution in [3.63, 3.8) is 0 Å². The molecule has 6 heteroatoms. The van der Waals surface area contributed by atoms with Gasteiger partial charge in [0, 0.05) is 4.88 Å². The smallest absolute Gasteiger partial charge is 0.169 e. The van der Waals surface area contributed by atoms with E-state index in [-0.39, 0.29) is 11.4 Å². The zero-order valence-corrected chi connectivity index (χ0v) is 10.7. The van der Waals surface area contributed by atoms with Crippen LogP contribution in [0.5, 0.6) is 0 Å². The molecule has 0 N–H and O–H groups in total. The Bertz CT molecular complexity index is 437. The molecule has 0 spiro atoms. The number of thiophene rings is 1. The molecule has 4 nitrogen and oxygen atoms in total. The summed E-state index contributed by atoms with van der Waals surface area (Å²) in [5.41, 5.74) is 0. The van der Waals surface area contributed by atoms with E-state index in [4.69, 9.17) is 11.6 Å². The van der Waals surface area contributed by atoms with Crippen molar-refractivity contribution >= 4 is 22.9 Å². The van der Waals surface area contributed by atoms with Crippen molar-refractivity contribution in [3.8, 4) is 0 Å². The van der Waals surface area contributed by atoms with Crippen molar-refractivity contribution in [2.24, 2.45) is 0 Å². The average Bonchev–Trinajstić information content (AvgIpc) is 2.88. The second kappa shape index (κ2) is 4.93. The predicted octanol–water partition coefficient (Wildman–Crippen LogP) is 3.03. The van der Waals surface area contributed by atoms with Gasteiger partial charge in [0.1, 0.15) is 0 Å². The van der Waals surface area contributed by atoms with Crippen molar-refractivity contribution in [2.45, 2.75) is 31.7 Å². The van der Waals surface area contributed by atoms with Crippen LogP contribution >= 0.6 is 22.9 Å². The van der Waals surface area contributed by atoms with E-state index >= 15 is 0 Å². The van der Waals surface area contributed by atoms with E-state index in [0.29, 0.717) is 0 Å². The van der Waals surface area contributed by atoms with Gasteiger partial charge in [-0.1, -0.05) is 13.0 Å². The number of rotatable bonds is 4. The van der Waals surface area contributed by atoms with Crippen LogP contribution in [0, 0.1) is 0 Å². The van der Waals surface area contributed by atoms with Crippen LogP contribution in [0.1, 0.15) is 42.4 Å². The van der Waals surface area contributed by atoms with Crippen molar-refractivity contribution in [3.05, 3.63) is 28.2 Å². The van der Waals surface area contributed by atoms with Gasteiger partial charge in [0.2, 0.25) is 0 Å². The molecule has 0 aliphatic carbocycles. The van der Waals surface area contributed by atoms with E-state index in [9.17, 15) is 0 Å². The summed E-state index contributed by atoms with van der Waals surface area (Å²) in [6.07, 6.45) is 0.947. The molecule has 0 aliphatic heterocycles. The lowest BCUT2D eigenvalue weighted by Crippen LogP contribution is -2.14. The van der Waals surface area contributed by atoms with E-state index < -0.39 is 0 Å². The zero-order chi connectivity index (χ0) is 11.5. The van der Waals surface area contributed by atoms with E-state index in [0.717, 1.165) is 12.2 Å². The fourth-order valence-electron chi connectivity index (χ4n) is 1.66. The fourth-order valence-corrected chi connectivity index (χ4v) is 2.70. The first-order valence-electron chi connectivity index (χ1n) is 5.19. The second-order valence-electron chi connectivity index (χ2n) is 3.54. The van der Waals surface area contributed by atoms with Crippen molar-refractivity contribution in [1.82, 2.24) is 20.2 Å². The van der Waals surface area contributed by atoms with Crippen LogP contribution in [0.25, 0.3) is 0 Å². The fraction of sp³-hybridized carbons (Fsp3) is 0.500. The highest BCUT2D eigenvalue weighted by Gasteiger charge is 2.20. The third-order valence-corrected chi connectivity index (χ3v) is 3.60. The molecule has 86 valence electrons. The molecule has 0 aromatic carbocycles. The Balaban J connectivity index is 2.37. The highest BCUT2D eigenvalue weighted by Crippen LogP contribution is 2.28. The summed E-state index contributed by atoms with van der Waals surface area (Å²) in [4.78, 5) is 1.26. The van der Waals surface area contributed by atoms with Crippen LogP contribution < -0.4 is 0 Å². The number of alkyl halides is 1. The molecule has 0 saturated heterocycles. The Morgan fingerprint density at radius 1 is 1.56 bits per heavy atom. The minimum absolute atomic E-state index is 0.177. The Labute approximate surface area is 103 Å². The van der Waals surface area contributed by atoms with Gasteiger partial charge in [0.15, 0.2) is 5.82 Å². The maximum Gasteiger partial charge on any atom is 0.169 e. The second-order valence-corrected chi connectivity index (χ2v) is 5.17. The number of hydrogen-bond acceptors (Lipinski definition) is 4.